The van der Waals surface area contributed by atoms with Crippen molar-refractivity contribution in [2.45, 2.75) is 25.8 Å². The molecule has 1 aliphatic rings. The molecule has 2 rings (SSSR count). The van der Waals surface area contributed by atoms with Crippen LogP contribution >= 0.6 is 0 Å². The van der Waals surface area contributed by atoms with Crippen LogP contribution in [0.1, 0.15) is 30.1 Å². The molecule has 4 nitrogen and oxygen atoms in total. The zero-order chi connectivity index (χ0) is 13.8. The lowest BCUT2D eigenvalue weighted by atomic mass is 10.1. The summed E-state index contributed by atoms with van der Waals surface area (Å²) < 4.78 is 12.7. The molecule has 1 heterocycles. The van der Waals surface area contributed by atoms with Crippen molar-refractivity contribution < 1.29 is 14.0 Å². The molecule has 102 valence electrons. The van der Waals surface area contributed by atoms with Gasteiger partial charge in [-0.1, -0.05) is 25.5 Å². The Hall–Kier alpha value is -1.91. The second-order valence-electron chi connectivity index (χ2n) is 4.51. The second kappa shape index (κ2) is 5.82. The average molecular weight is 264 g/mol. The zero-order valence-corrected chi connectivity index (χ0v) is 10.9. The summed E-state index contributed by atoms with van der Waals surface area (Å²) in [7, 11) is 0. The number of hydrogen-bond donors (Lipinski definition) is 1. The van der Waals surface area contributed by atoms with Crippen LogP contribution in [0.3, 0.4) is 0 Å². The van der Waals surface area contributed by atoms with E-state index in [2.05, 4.69) is 5.32 Å². The summed E-state index contributed by atoms with van der Waals surface area (Å²) in [6, 6.07) is 6.23. The molecule has 0 saturated heterocycles. The number of halogens is 1. The molecule has 2 amide bonds. The van der Waals surface area contributed by atoms with Crippen molar-refractivity contribution in [3.8, 4) is 0 Å². The molecule has 1 aromatic carbocycles. The summed E-state index contributed by atoms with van der Waals surface area (Å²) in [5.74, 6) is -0.512. The van der Waals surface area contributed by atoms with Gasteiger partial charge in [0.2, 0.25) is 5.91 Å². The van der Waals surface area contributed by atoms with E-state index < -0.39 is 12.7 Å². The van der Waals surface area contributed by atoms with Crippen LogP contribution in [-0.4, -0.2) is 31.1 Å². The highest BCUT2D eigenvalue weighted by Crippen LogP contribution is 2.24. The van der Waals surface area contributed by atoms with E-state index in [1.54, 1.807) is 24.3 Å². The van der Waals surface area contributed by atoms with Gasteiger partial charge in [0.15, 0.2) is 0 Å². The first kappa shape index (κ1) is 13.5. The lowest BCUT2D eigenvalue weighted by Crippen LogP contribution is -2.46. The summed E-state index contributed by atoms with van der Waals surface area (Å²) in [5.41, 5.74) is 0.907. The maximum Gasteiger partial charge on any atom is 0.254 e. The van der Waals surface area contributed by atoms with Crippen LogP contribution in [0.15, 0.2) is 24.3 Å². The Bertz CT molecular complexity index is 490. The Kier molecular flexibility index (Phi) is 4.14. The van der Waals surface area contributed by atoms with Gasteiger partial charge in [0, 0.05) is 0 Å². The van der Waals surface area contributed by atoms with Crippen LogP contribution in [0, 0.1) is 0 Å². The highest BCUT2D eigenvalue weighted by Gasteiger charge is 2.32. The number of hydrogen-bond acceptors (Lipinski definition) is 2. The summed E-state index contributed by atoms with van der Waals surface area (Å²) in [6.45, 7) is 1.29. The Morgan fingerprint density at radius 3 is 2.74 bits per heavy atom. The van der Waals surface area contributed by atoms with Crippen molar-refractivity contribution in [3.05, 3.63) is 29.8 Å². The minimum Gasteiger partial charge on any atom is -0.340 e. The molecule has 0 fully saturated rings. The predicted octanol–water partition coefficient (Wildman–Crippen LogP) is 1.90. The van der Waals surface area contributed by atoms with Gasteiger partial charge in [-0.2, -0.15) is 0 Å². The third kappa shape index (κ3) is 2.59. The van der Waals surface area contributed by atoms with Gasteiger partial charge in [0.05, 0.1) is 17.8 Å². The highest BCUT2D eigenvalue weighted by molar-refractivity contribution is 6.10. The summed E-state index contributed by atoms with van der Waals surface area (Å²) in [4.78, 5) is 25.8. The number of anilines is 1. The topological polar surface area (TPSA) is 49.4 Å². The Labute approximate surface area is 111 Å². The van der Waals surface area contributed by atoms with Crippen LogP contribution in [-0.2, 0) is 4.79 Å². The van der Waals surface area contributed by atoms with Gasteiger partial charge in [0.25, 0.3) is 5.91 Å². The number of nitrogens with zero attached hydrogens (tertiary/aromatic N) is 1. The van der Waals surface area contributed by atoms with E-state index in [4.69, 9.17) is 0 Å². The van der Waals surface area contributed by atoms with E-state index in [1.807, 2.05) is 6.92 Å². The number of nitrogens with one attached hydrogen (secondary N) is 1. The Morgan fingerprint density at radius 1 is 1.32 bits per heavy atom. The summed E-state index contributed by atoms with van der Waals surface area (Å²) in [5, 5.41) is 2.72. The first-order valence-electron chi connectivity index (χ1n) is 6.46. The second-order valence-corrected chi connectivity index (χ2v) is 4.51. The van der Waals surface area contributed by atoms with E-state index in [0.717, 1.165) is 6.42 Å². The van der Waals surface area contributed by atoms with E-state index in [-0.39, 0.29) is 18.4 Å². The fourth-order valence-corrected chi connectivity index (χ4v) is 2.31. The molecule has 1 aliphatic heterocycles. The SMILES string of the molecule is CCCC1NC(=O)c2ccccc2N(CCF)C1=O. The van der Waals surface area contributed by atoms with Crippen molar-refractivity contribution in [3.63, 3.8) is 0 Å². The first-order chi connectivity index (χ1) is 9.19. The van der Waals surface area contributed by atoms with Crippen molar-refractivity contribution in [2.75, 3.05) is 18.1 Å². The van der Waals surface area contributed by atoms with Crippen LogP contribution in [0.25, 0.3) is 0 Å². The average Bonchev–Trinajstić information content (AvgIpc) is 2.51. The molecule has 1 aromatic rings. The van der Waals surface area contributed by atoms with Gasteiger partial charge < -0.3 is 10.2 Å². The van der Waals surface area contributed by atoms with E-state index in [0.29, 0.717) is 17.7 Å². The molecule has 19 heavy (non-hydrogen) atoms. The Balaban J connectivity index is 2.44. The minimum atomic E-state index is -0.632. The fraction of sp³-hybridized carbons (Fsp3) is 0.429. The normalized spacial score (nSPS) is 18.8. The number of carbonyl (C=O) groups is 2. The van der Waals surface area contributed by atoms with E-state index in [9.17, 15) is 14.0 Å². The smallest absolute Gasteiger partial charge is 0.254 e. The molecule has 0 bridgehead atoms. The largest absolute Gasteiger partial charge is 0.340 e. The summed E-state index contributed by atoms with van der Waals surface area (Å²) in [6.07, 6.45) is 1.33. The zero-order valence-electron chi connectivity index (χ0n) is 10.9. The third-order valence-electron chi connectivity index (χ3n) is 3.19. The maximum atomic E-state index is 12.7. The fourth-order valence-electron chi connectivity index (χ4n) is 2.31. The molecule has 5 heteroatoms. The minimum absolute atomic E-state index is 0.0228. The molecular weight excluding hydrogens is 247 g/mol. The molecule has 0 aliphatic carbocycles. The molecule has 1 unspecified atom stereocenters. The standard InChI is InChI=1S/C14H17FN2O2/c1-2-5-11-14(19)17(9-8-15)12-7-4-3-6-10(12)13(18)16-11/h3-4,6-7,11H,2,5,8-9H2,1H3,(H,16,18). The van der Waals surface area contributed by atoms with Crippen LogP contribution in [0.5, 0.6) is 0 Å². The van der Waals surface area contributed by atoms with Crippen molar-refractivity contribution in [1.82, 2.24) is 5.32 Å². The van der Waals surface area contributed by atoms with E-state index >= 15 is 0 Å². The van der Waals surface area contributed by atoms with Gasteiger partial charge >= 0.3 is 0 Å². The molecular formula is C14H17FN2O2. The van der Waals surface area contributed by atoms with Crippen LogP contribution < -0.4 is 10.2 Å². The first-order valence-corrected chi connectivity index (χ1v) is 6.46. The molecule has 0 radical (unpaired) electrons. The van der Waals surface area contributed by atoms with Gasteiger partial charge in [-0.25, -0.2) is 4.39 Å². The monoisotopic (exact) mass is 264 g/mol. The van der Waals surface area contributed by atoms with Gasteiger partial charge in [0.1, 0.15) is 12.7 Å². The molecule has 1 atom stereocenters. The van der Waals surface area contributed by atoms with Crippen LogP contribution in [0.2, 0.25) is 0 Å². The van der Waals surface area contributed by atoms with Crippen molar-refractivity contribution >= 4 is 17.5 Å². The number of para-hydroxylation sites is 1. The number of amides is 2. The molecule has 0 saturated carbocycles. The van der Waals surface area contributed by atoms with Crippen molar-refractivity contribution in [1.29, 1.82) is 0 Å². The third-order valence-corrected chi connectivity index (χ3v) is 3.19. The van der Waals surface area contributed by atoms with Gasteiger partial charge in [-0.05, 0) is 18.6 Å². The quantitative estimate of drug-likeness (QED) is 0.903. The van der Waals surface area contributed by atoms with Crippen molar-refractivity contribution in [2.24, 2.45) is 0 Å². The van der Waals surface area contributed by atoms with Gasteiger partial charge in [-0.3, -0.25) is 9.59 Å². The molecule has 1 N–H and O–H groups in total. The predicted molar refractivity (Wildman–Crippen MR) is 70.9 cm³/mol. The lowest BCUT2D eigenvalue weighted by molar-refractivity contribution is -0.120. The van der Waals surface area contributed by atoms with E-state index in [1.165, 1.54) is 4.90 Å². The number of carbonyl (C=O) groups excluding carboxylic acids is 2. The number of fused-ring (bicyclic) bond motifs is 1. The number of rotatable bonds is 4. The lowest BCUT2D eigenvalue weighted by Gasteiger charge is -2.23. The number of benzene rings is 1. The Morgan fingerprint density at radius 2 is 2.05 bits per heavy atom. The highest BCUT2D eigenvalue weighted by atomic mass is 19.1. The molecule has 0 aromatic heterocycles. The summed E-state index contributed by atoms with van der Waals surface area (Å²) >= 11 is 0. The van der Waals surface area contributed by atoms with Crippen LogP contribution in [0.4, 0.5) is 10.1 Å². The molecule has 0 spiro atoms. The number of alkyl halides is 1. The van der Waals surface area contributed by atoms with Gasteiger partial charge in [-0.15, -0.1) is 0 Å². The maximum absolute atomic E-state index is 12.7.